The first-order valence-corrected chi connectivity index (χ1v) is 8.15. The minimum atomic E-state index is 0.273. The lowest BCUT2D eigenvalue weighted by Gasteiger charge is -2.29. The molecule has 0 spiro atoms. The molecule has 0 bridgehead atoms. The topological polar surface area (TPSA) is 38.5 Å². The molecule has 2 heterocycles. The summed E-state index contributed by atoms with van der Waals surface area (Å²) in [4.78, 5) is 2.35. The van der Waals surface area contributed by atoms with Crippen molar-refractivity contribution in [3.05, 3.63) is 35.2 Å². The van der Waals surface area contributed by atoms with E-state index in [1.54, 1.807) is 11.3 Å². The standard InChI is InChI=1S/C16H22N2OS/c1-18(10-12-5-4-8-19-12)15(9-17)14-11-20-16-7-3-2-6-13(14)16/h2-3,6-7,11-12,15H,4-5,8-10,17H2,1H3. The Labute approximate surface area is 124 Å². The number of ether oxygens (including phenoxy) is 1. The van der Waals surface area contributed by atoms with Gasteiger partial charge in [0.1, 0.15) is 0 Å². The van der Waals surface area contributed by atoms with Crippen molar-refractivity contribution in [2.75, 3.05) is 26.7 Å². The highest BCUT2D eigenvalue weighted by Gasteiger charge is 2.23. The first kappa shape index (κ1) is 14.0. The lowest BCUT2D eigenvalue weighted by molar-refractivity contribution is 0.0692. The van der Waals surface area contributed by atoms with Crippen molar-refractivity contribution in [2.45, 2.75) is 25.0 Å². The summed E-state index contributed by atoms with van der Waals surface area (Å²) < 4.78 is 7.08. The van der Waals surface area contributed by atoms with E-state index in [-0.39, 0.29) is 6.04 Å². The van der Waals surface area contributed by atoms with Crippen LogP contribution in [0.25, 0.3) is 10.1 Å². The molecule has 1 fully saturated rings. The van der Waals surface area contributed by atoms with Gasteiger partial charge in [0.2, 0.25) is 0 Å². The second kappa shape index (κ2) is 6.22. The average molecular weight is 290 g/mol. The van der Waals surface area contributed by atoms with Gasteiger partial charge >= 0.3 is 0 Å². The van der Waals surface area contributed by atoms with Crippen LogP contribution >= 0.6 is 11.3 Å². The van der Waals surface area contributed by atoms with Gasteiger partial charge in [0.15, 0.2) is 0 Å². The molecule has 0 aliphatic carbocycles. The minimum Gasteiger partial charge on any atom is -0.377 e. The minimum absolute atomic E-state index is 0.273. The zero-order chi connectivity index (χ0) is 13.9. The Balaban J connectivity index is 1.81. The van der Waals surface area contributed by atoms with Crippen molar-refractivity contribution in [3.63, 3.8) is 0 Å². The van der Waals surface area contributed by atoms with E-state index in [1.165, 1.54) is 28.5 Å². The first-order valence-electron chi connectivity index (χ1n) is 7.27. The number of rotatable bonds is 5. The second-order valence-corrected chi connectivity index (χ2v) is 6.42. The summed E-state index contributed by atoms with van der Waals surface area (Å²) in [5, 5.41) is 3.60. The fourth-order valence-electron chi connectivity index (χ4n) is 3.04. The van der Waals surface area contributed by atoms with Crippen LogP contribution in [0.15, 0.2) is 29.6 Å². The Kier molecular flexibility index (Phi) is 4.36. The maximum absolute atomic E-state index is 6.05. The Bertz CT molecular complexity index is 562. The molecule has 1 aromatic heterocycles. The highest BCUT2D eigenvalue weighted by atomic mass is 32.1. The molecule has 1 aliphatic rings. The van der Waals surface area contributed by atoms with Crippen LogP contribution in [0.2, 0.25) is 0 Å². The van der Waals surface area contributed by atoms with Gasteiger partial charge in [-0.3, -0.25) is 4.90 Å². The molecule has 2 N–H and O–H groups in total. The van der Waals surface area contributed by atoms with E-state index in [9.17, 15) is 0 Å². The van der Waals surface area contributed by atoms with Crippen LogP contribution in [0, 0.1) is 0 Å². The van der Waals surface area contributed by atoms with Crippen LogP contribution in [0.4, 0.5) is 0 Å². The van der Waals surface area contributed by atoms with Crippen molar-refractivity contribution in [1.29, 1.82) is 0 Å². The van der Waals surface area contributed by atoms with E-state index >= 15 is 0 Å². The summed E-state index contributed by atoms with van der Waals surface area (Å²) >= 11 is 1.80. The smallest absolute Gasteiger partial charge is 0.0702 e. The summed E-state index contributed by atoms with van der Waals surface area (Å²) in [5.41, 5.74) is 7.41. The van der Waals surface area contributed by atoms with Gasteiger partial charge in [0.25, 0.3) is 0 Å². The van der Waals surface area contributed by atoms with Crippen molar-refractivity contribution in [2.24, 2.45) is 5.73 Å². The van der Waals surface area contributed by atoms with Gasteiger partial charge < -0.3 is 10.5 Å². The molecule has 2 aromatic rings. The number of benzene rings is 1. The first-order chi connectivity index (χ1) is 9.79. The molecule has 1 saturated heterocycles. The summed E-state index contributed by atoms with van der Waals surface area (Å²) in [7, 11) is 2.16. The highest BCUT2D eigenvalue weighted by molar-refractivity contribution is 7.17. The third-order valence-corrected chi connectivity index (χ3v) is 5.12. The van der Waals surface area contributed by atoms with E-state index in [0.717, 1.165) is 13.2 Å². The lowest BCUT2D eigenvalue weighted by atomic mass is 10.0. The normalized spacial score (nSPS) is 20.9. The molecule has 3 rings (SSSR count). The third-order valence-electron chi connectivity index (χ3n) is 4.14. The third kappa shape index (κ3) is 2.74. The van der Waals surface area contributed by atoms with E-state index < -0.39 is 0 Å². The number of thiophene rings is 1. The largest absolute Gasteiger partial charge is 0.377 e. The summed E-state index contributed by atoms with van der Waals surface area (Å²) in [6.07, 6.45) is 2.73. The van der Waals surface area contributed by atoms with Gasteiger partial charge in [0, 0.05) is 30.4 Å². The Morgan fingerprint density at radius 2 is 2.30 bits per heavy atom. The van der Waals surface area contributed by atoms with Crippen LogP contribution in [-0.4, -0.2) is 37.7 Å². The van der Waals surface area contributed by atoms with Crippen LogP contribution in [0.3, 0.4) is 0 Å². The van der Waals surface area contributed by atoms with E-state index in [4.69, 9.17) is 10.5 Å². The molecule has 4 heteroatoms. The van der Waals surface area contributed by atoms with Gasteiger partial charge in [-0.2, -0.15) is 0 Å². The van der Waals surface area contributed by atoms with Crippen LogP contribution < -0.4 is 5.73 Å². The van der Waals surface area contributed by atoms with Gasteiger partial charge in [0.05, 0.1) is 6.10 Å². The van der Waals surface area contributed by atoms with Crippen molar-refractivity contribution < 1.29 is 4.74 Å². The number of hydrogen-bond donors (Lipinski definition) is 1. The molecule has 0 radical (unpaired) electrons. The van der Waals surface area contributed by atoms with Crippen LogP contribution in [0.1, 0.15) is 24.4 Å². The molecule has 2 atom stereocenters. The summed E-state index contributed by atoms with van der Waals surface area (Å²) in [6.45, 7) is 2.52. The second-order valence-electron chi connectivity index (χ2n) is 5.51. The maximum Gasteiger partial charge on any atom is 0.0702 e. The molecule has 108 valence electrons. The monoisotopic (exact) mass is 290 g/mol. The quantitative estimate of drug-likeness (QED) is 0.920. The van der Waals surface area contributed by atoms with Gasteiger partial charge in [-0.05, 0) is 42.3 Å². The predicted molar refractivity (Wildman–Crippen MR) is 85.2 cm³/mol. The van der Waals surface area contributed by atoms with Crippen molar-refractivity contribution in [1.82, 2.24) is 4.90 Å². The zero-order valence-corrected chi connectivity index (χ0v) is 12.7. The Morgan fingerprint density at radius 1 is 1.45 bits per heavy atom. The molecular formula is C16H22N2OS. The molecule has 1 aliphatic heterocycles. The Hall–Kier alpha value is -0.940. The average Bonchev–Trinajstić information content (AvgIpc) is 3.10. The molecule has 3 nitrogen and oxygen atoms in total. The van der Waals surface area contributed by atoms with E-state index in [0.29, 0.717) is 12.6 Å². The number of nitrogens with two attached hydrogens (primary N) is 1. The van der Waals surface area contributed by atoms with Gasteiger partial charge in [-0.15, -0.1) is 11.3 Å². The van der Waals surface area contributed by atoms with E-state index in [1.807, 2.05) is 0 Å². The predicted octanol–water partition coefficient (Wildman–Crippen LogP) is 3.01. The maximum atomic E-state index is 6.05. The van der Waals surface area contributed by atoms with Crippen molar-refractivity contribution in [3.8, 4) is 0 Å². The molecule has 20 heavy (non-hydrogen) atoms. The number of likely N-dealkylation sites (N-methyl/N-ethyl adjacent to an activating group) is 1. The molecule has 1 aromatic carbocycles. The Morgan fingerprint density at radius 3 is 3.05 bits per heavy atom. The molecule has 2 unspecified atom stereocenters. The zero-order valence-electron chi connectivity index (χ0n) is 11.9. The molecular weight excluding hydrogens is 268 g/mol. The van der Waals surface area contributed by atoms with Gasteiger partial charge in [-0.25, -0.2) is 0 Å². The molecule has 0 amide bonds. The van der Waals surface area contributed by atoms with Crippen molar-refractivity contribution >= 4 is 21.4 Å². The fraction of sp³-hybridized carbons (Fsp3) is 0.500. The number of hydrogen-bond acceptors (Lipinski definition) is 4. The summed E-state index contributed by atoms with van der Waals surface area (Å²) in [6, 6.07) is 8.85. The number of nitrogens with zero attached hydrogens (tertiary/aromatic N) is 1. The van der Waals surface area contributed by atoms with Crippen LogP contribution in [-0.2, 0) is 4.74 Å². The summed E-state index contributed by atoms with van der Waals surface area (Å²) in [5.74, 6) is 0. The van der Waals surface area contributed by atoms with Gasteiger partial charge in [-0.1, -0.05) is 18.2 Å². The fourth-order valence-corrected chi connectivity index (χ4v) is 4.05. The van der Waals surface area contributed by atoms with Crippen LogP contribution in [0.5, 0.6) is 0 Å². The van der Waals surface area contributed by atoms with E-state index in [2.05, 4.69) is 41.6 Å². The highest BCUT2D eigenvalue weighted by Crippen LogP contribution is 2.32. The SMILES string of the molecule is CN(CC1CCCO1)C(CN)c1csc2ccccc12. The number of fused-ring (bicyclic) bond motifs is 1. The molecule has 0 saturated carbocycles. The lowest BCUT2D eigenvalue weighted by Crippen LogP contribution is -2.35.